The van der Waals surface area contributed by atoms with Gasteiger partial charge in [0.2, 0.25) is 5.91 Å². The molecule has 0 unspecified atom stereocenters. The summed E-state index contributed by atoms with van der Waals surface area (Å²) in [6.45, 7) is 4.39. The summed E-state index contributed by atoms with van der Waals surface area (Å²) in [5, 5.41) is 8.56. The van der Waals surface area contributed by atoms with Crippen molar-refractivity contribution in [1.82, 2.24) is 9.80 Å². The van der Waals surface area contributed by atoms with Gasteiger partial charge in [-0.15, -0.1) is 0 Å². The van der Waals surface area contributed by atoms with Crippen molar-refractivity contribution in [2.24, 2.45) is 5.92 Å². The highest BCUT2D eigenvalue weighted by Crippen LogP contribution is 2.28. The van der Waals surface area contributed by atoms with Gasteiger partial charge in [-0.1, -0.05) is 12.8 Å². The van der Waals surface area contributed by atoms with E-state index in [0.717, 1.165) is 39.1 Å². The van der Waals surface area contributed by atoms with E-state index in [0.29, 0.717) is 18.2 Å². The van der Waals surface area contributed by atoms with Crippen LogP contribution in [0.1, 0.15) is 38.5 Å². The van der Waals surface area contributed by atoms with Crippen molar-refractivity contribution in [3.8, 4) is 6.07 Å². The molecular formula is C14H23N3O. The van der Waals surface area contributed by atoms with E-state index in [1.54, 1.807) is 0 Å². The minimum absolute atomic E-state index is 0.349. The Morgan fingerprint density at radius 2 is 1.83 bits per heavy atom. The zero-order valence-corrected chi connectivity index (χ0v) is 11.1. The molecule has 18 heavy (non-hydrogen) atoms. The molecule has 100 valence electrons. The highest BCUT2D eigenvalue weighted by atomic mass is 16.2. The van der Waals surface area contributed by atoms with E-state index in [-0.39, 0.29) is 0 Å². The maximum Gasteiger partial charge on any atom is 0.222 e. The lowest BCUT2D eigenvalue weighted by molar-refractivity contribution is -0.133. The summed E-state index contributed by atoms with van der Waals surface area (Å²) in [5.41, 5.74) is 0. The van der Waals surface area contributed by atoms with Crippen molar-refractivity contribution < 1.29 is 4.79 Å². The van der Waals surface area contributed by atoms with Gasteiger partial charge in [0.1, 0.15) is 0 Å². The Morgan fingerprint density at radius 1 is 1.17 bits per heavy atom. The minimum atomic E-state index is 0.349. The predicted molar refractivity (Wildman–Crippen MR) is 69.8 cm³/mol. The Bertz CT molecular complexity index is 309. The van der Waals surface area contributed by atoms with E-state index in [2.05, 4.69) is 11.0 Å². The van der Waals surface area contributed by atoms with Crippen LogP contribution >= 0.6 is 0 Å². The first-order valence-corrected chi connectivity index (χ1v) is 7.16. The van der Waals surface area contributed by atoms with Gasteiger partial charge in [-0.2, -0.15) is 5.26 Å². The third kappa shape index (κ3) is 3.71. The van der Waals surface area contributed by atoms with Gasteiger partial charge in [0, 0.05) is 45.6 Å². The fourth-order valence-electron chi connectivity index (χ4n) is 3.02. The van der Waals surface area contributed by atoms with Gasteiger partial charge in [0.25, 0.3) is 0 Å². The van der Waals surface area contributed by atoms with Crippen LogP contribution < -0.4 is 0 Å². The van der Waals surface area contributed by atoms with Crippen molar-refractivity contribution in [3.05, 3.63) is 0 Å². The predicted octanol–water partition coefficient (Wildman–Crippen LogP) is 1.62. The second-order valence-electron chi connectivity index (χ2n) is 5.49. The lowest BCUT2D eigenvalue weighted by atomic mass is 10.0. The second-order valence-corrected chi connectivity index (χ2v) is 5.49. The molecule has 0 N–H and O–H groups in total. The van der Waals surface area contributed by atoms with Crippen molar-refractivity contribution >= 4 is 5.91 Å². The first kappa shape index (κ1) is 13.4. The Labute approximate surface area is 110 Å². The molecule has 1 saturated heterocycles. The number of carbonyl (C=O) groups is 1. The molecule has 1 aliphatic carbocycles. The van der Waals surface area contributed by atoms with Crippen LogP contribution in [0.2, 0.25) is 0 Å². The number of nitrogens with zero attached hydrogens (tertiary/aromatic N) is 3. The molecule has 4 heteroatoms. The number of carbonyl (C=O) groups excluding carboxylic acids is 1. The maximum atomic E-state index is 12.1. The summed E-state index contributed by atoms with van der Waals surface area (Å²) in [7, 11) is 0. The lowest BCUT2D eigenvalue weighted by Gasteiger charge is -2.34. The monoisotopic (exact) mass is 249 g/mol. The van der Waals surface area contributed by atoms with Gasteiger partial charge in [0.15, 0.2) is 0 Å². The SMILES string of the molecule is N#CCCN1CCN(C(=O)CC2CCCC2)CC1. The number of piperazine rings is 1. The highest BCUT2D eigenvalue weighted by molar-refractivity contribution is 5.76. The average molecular weight is 249 g/mol. The van der Waals surface area contributed by atoms with E-state index < -0.39 is 0 Å². The minimum Gasteiger partial charge on any atom is -0.340 e. The largest absolute Gasteiger partial charge is 0.340 e. The van der Waals surface area contributed by atoms with Crippen LogP contribution in [-0.4, -0.2) is 48.4 Å². The molecule has 2 fully saturated rings. The molecule has 0 aromatic rings. The number of nitriles is 1. The van der Waals surface area contributed by atoms with Crippen molar-refractivity contribution in [1.29, 1.82) is 5.26 Å². The first-order chi connectivity index (χ1) is 8.79. The zero-order valence-electron chi connectivity index (χ0n) is 11.1. The number of amides is 1. The summed E-state index contributed by atoms with van der Waals surface area (Å²) in [5.74, 6) is 0.996. The molecule has 0 spiro atoms. The molecule has 0 aromatic carbocycles. The molecule has 0 aromatic heterocycles. The number of hydrogen-bond donors (Lipinski definition) is 0. The molecule has 1 amide bonds. The Kier molecular flexibility index (Phi) is 5.00. The fraction of sp³-hybridized carbons (Fsp3) is 0.857. The standard InChI is InChI=1S/C14H23N3O/c15-6-3-7-16-8-10-17(11-9-16)14(18)12-13-4-1-2-5-13/h13H,1-5,7-12H2. The fourth-order valence-corrected chi connectivity index (χ4v) is 3.02. The third-order valence-electron chi connectivity index (χ3n) is 4.20. The van der Waals surface area contributed by atoms with Crippen LogP contribution in [0.25, 0.3) is 0 Å². The van der Waals surface area contributed by atoms with Crippen LogP contribution in [0.4, 0.5) is 0 Å². The number of rotatable bonds is 4. The van der Waals surface area contributed by atoms with Gasteiger partial charge in [-0.25, -0.2) is 0 Å². The van der Waals surface area contributed by atoms with E-state index in [4.69, 9.17) is 5.26 Å². The van der Waals surface area contributed by atoms with Crippen molar-refractivity contribution in [2.45, 2.75) is 38.5 Å². The van der Waals surface area contributed by atoms with E-state index in [9.17, 15) is 4.79 Å². The molecule has 1 aliphatic heterocycles. The smallest absolute Gasteiger partial charge is 0.222 e. The van der Waals surface area contributed by atoms with Crippen LogP contribution in [0.3, 0.4) is 0 Å². The first-order valence-electron chi connectivity index (χ1n) is 7.16. The highest BCUT2D eigenvalue weighted by Gasteiger charge is 2.24. The van der Waals surface area contributed by atoms with Gasteiger partial charge in [0.05, 0.1) is 6.07 Å². The summed E-state index contributed by atoms with van der Waals surface area (Å²) in [6, 6.07) is 2.18. The molecular weight excluding hydrogens is 226 g/mol. The third-order valence-corrected chi connectivity index (χ3v) is 4.20. The topological polar surface area (TPSA) is 47.3 Å². The lowest BCUT2D eigenvalue weighted by Crippen LogP contribution is -2.49. The summed E-state index contributed by atoms with van der Waals surface area (Å²) in [6.07, 6.45) is 6.45. The van der Waals surface area contributed by atoms with Gasteiger partial charge >= 0.3 is 0 Å². The van der Waals surface area contributed by atoms with E-state index in [1.807, 2.05) is 4.90 Å². The average Bonchev–Trinajstić information content (AvgIpc) is 2.89. The summed E-state index contributed by atoms with van der Waals surface area (Å²) >= 11 is 0. The van der Waals surface area contributed by atoms with Gasteiger partial charge < -0.3 is 4.90 Å². The summed E-state index contributed by atoms with van der Waals surface area (Å²) in [4.78, 5) is 16.4. The Hall–Kier alpha value is -1.08. The number of hydrogen-bond acceptors (Lipinski definition) is 3. The maximum absolute atomic E-state index is 12.1. The Morgan fingerprint density at radius 3 is 2.44 bits per heavy atom. The van der Waals surface area contributed by atoms with E-state index >= 15 is 0 Å². The van der Waals surface area contributed by atoms with Crippen LogP contribution in [-0.2, 0) is 4.79 Å². The molecule has 0 radical (unpaired) electrons. The molecule has 4 nitrogen and oxygen atoms in total. The van der Waals surface area contributed by atoms with Crippen LogP contribution in [0.15, 0.2) is 0 Å². The van der Waals surface area contributed by atoms with E-state index in [1.165, 1.54) is 25.7 Å². The molecule has 1 heterocycles. The summed E-state index contributed by atoms with van der Waals surface area (Å²) < 4.78 is 0. The molecule has 2 rings (SSSR count). The van der Waals surface area contributed by atoms with Crippen molar-refractivity contribution in [3.63, 3.8) is 0 Å². The second kappa shape index (κ2) is 6.75. The van der Waals surface area contributed by atoms with Crippen molar-refractivity contribution in [2.75, 3.05) is 32.7 Å². The molecule has 0 bridgehead atoms. The van der Waals surface area contributed by atoms with Crippen LogP contribution in [0, 0.1) is 17.2 Å². The molecule has 1 saturated carbocycles. The Balaban J connectivity index is 1.68. The zero-order chi connectivity index (χ0) is 12.8. The van der Waals surface area contributed by atoms with Crippen LogP contribution in [0.5, 0.6) is 0 Å². The van der Waals surface area contributed by atoms with Gasteiger partial charge in [-0.05, 0) is 18.8 Å². The normalized spacial score (nSPS) is 22.1. The molecule has 2 aliphatic rings. The quantitative estimate of drug-likeness (QED) is 0.760. The van der Waals surface area contributed by atoms with Gasteiger partial charge in [-0.3, -0.25) is 9.69 Å². The molecule has 0 atom stereocenters.